The fourth-order valence-electron chi connectivity index (χ4n) is 2.51. The van der Waals surface area contributed by atoms with Gasteiger partial charge in [-0.2, -0.15) is 0 Å². The molecule has 25 heavy (non-hydrogen) atoms. The van der Waals surface area contributed by atoms with Crippen LogP contribution < -0.4 is 0 Å². The quantitative estimate of drug-likeness (QED) is 0.230. The molecule has 0 aliphatic heterocycles. The Labute approximate surface area is 157 Å². The van der Waals surface area contributed by atoms with Gasteiger partial charge in [0.05, 0.1) is 17.8 Å². The van der Waals surface area contributed by atoms with Crippen LogP contribution in [0.4, 0.5) is 0 Å². The maximum Gasteiger partial charge on any atom is 0.475 e. The molecule has 0 aromatic heterocycles. The molecule has 0 heterocycles. The van der Waals surface area contributed by atoms with Gasteiger partial charge in [0.2, 0.25) is 0 Å². The van der Waals surface area contributed by atoms with Crippen LogP contribution in [0.5, 0.6) is 0 Å². The summed E-state index contributed by atoms with van der Waals surface area (Å²) in [6.45, 7) is 13.8. The highest BCUT2D eigenvalue weighted by Gasteiger charge is 2.36. The smallest absolute Gasteiger partial charge is 0.287 e. The summed E-state index contributed by atoms with van der Waals surface area (Å²) in [5.41, 5.74) is -1.14. The lowest BCUT2D eigenvalue weighted by Gasteiger charge is -2.30. The SMILES string of the molecule is CCCCCCCCCCCCOP(=O)(OC(C)(C)C)OC(C)(C)C. The van der Waals surface area contributed by atoms with Gasteiger partial charge >= 0.3 is 7.82 Å². The van der Waals surface area contributed by atoms with Gasteiger partial charge in [-0.1, -0.05) is 64.7 Å². The van der Waals surface area contributed by atoms with Crippen LogP contribution in [0.15, 0.2) is 0 Å². The highest BCUT2D eigenvalue weighted by atomic mass is 31.2. The molecule has 0 bridgehead atoms. The highest BCUT2D eigenvalue weighted by Crippen LogP contribution is 2.55. The molecular weight excluding hydrogens is 335 g/mol. The Hall–Kier alpha value is 0.110. The number of hydrogen-bond donors (Lipinski definition) is 0. The minimum atomic E-state index is -3.54. The van der Waals surface area contributed by atoms with E-state index in [0.717, 1.165) is 12.8 Å². The monoisotopic (exact) mass is 378 g/mol. The van der Waals surface area contributed by atoms with Crippen molar-refractivity contribution in [3.8, 4) is 0 Å². The Balaban J connectivity index is 3.94. The summed E-state index contributed by atoms with van der Waals surface area (Å²) >= 11 is 0. The van der Waals surface area contributed by atoms with E-state index in [2.05, 4.69) is 6.92 Å². The number of rotatable bonds is 14. The van der Waals surface area contributed by atoms with E-state index in [9.17, 15) is 4.57 Å². The number of phosphoric ester groups is 1. The van der Waals surface area contributed by atoms with Crippen molar-refractivity contribution in [1.82, 2.24) is 0 Å². The molecule has 5 heteroatoms. The van der Waals surface area contributed by atoms with Crippen molar-refractivity contribution in [2.24, 2.45) is 0 Å². The number of phosphoric acid groups is 1. The molecule has 0 aliphatic rings. The van der Waals surface area contributed by atoms with Crippen LogP contribution in [0.2, 0.25) is 0 Å². The minimum absolute atomic E-state index is 0.417. The minimum Gasteiger partial charge on any atom is -0.287 e. The molecule has 4 nitrogen and oxygen atoms in total. The van der Waals surface area contributed by atoms with Crippen molar-refractivity contribution in [1.29, 1.82) is 0 Å². The van der Waals surface area contributed by atoms with Crippen LogP contribution in [0.1, 0.15) is 113 Å². The summed E-state index contributed by atoms with van der Waals surface area (Å²) < 4.78 is 29.6. The molecule has 0 aliphatic carbocycles. The van der Waals surface area contributed by atoms with Gasteiger partial charge in [0, 0.05) is 0 Å². The molecule has 0 fully saturated rings. The van der Waals surface area contributed by atoms with E-state index in [1.165, 1.54) is 51.4 Å². The van der Waals surface area contributed by atoms with Crippen LogP contribution in [0.25, 0.3) is 0 Å². The summed E-state index contributed by atoms with van der Waals surface area (Å²) in [5.74, 6) is 0. The molecular formula is C20H43O4P. The molecule has 0 atom stereocenters. The van der Waals surface area contributed by atoms with E-state index in [-0.39, 0.29) is 0 Å². The highest BCUT2D eigenvalue weighted by molar-refractivity contribution is 7.48. The molecule has 152 valence electrons. The molecule has 0 aromatic rings. The second kappa shape index (κ2) is 12.5. The molecule has 0 N–H and O–H groups in total. The summed E-state index contributed by atoms with van der Waals surface area (Å²) in [6.07, 6.45) is 12.6. The summed E-state index contributed by atoms with van der Waals surface area (Å²) in [7, 11) is -3.54. The molecule has 0 spiro atoms. The van der Waals surface area contributed by atoms with Crippen LogP contribution in [-0.2, 0) is 18.1 Å². The van der Waals surface area contributed by atoms with Crippen LogP contribution in [-0.4, -0.2) is 17.8 Å². The van der Waals surface area contributed by atoms with Crippen LogP contribution in [0, 0.1) is 0 Å². The molecule has 0 rings (SSSR count). The molecule has 0 radical (unpaired) electrons. The van der Waals surface area contributed by atoms with Crippen molar-refractivity contribution in [3.05, 3.63) is 0 Å². The molecule has 0 aromatic carbocycles. The predicted molar refractivity (Wildman–Crippen MR) is 107 cm³/mol. The molecule has 0 saturated heterocycles. The van der Waals surface area contributed by atoms with Gasteiger partial charge in [-0.05, 0) is 48.0 Å². The fraction of sp³-hybridized carbons (Fsp3) is 1.00. The average molecular weight is 379 g/mol. The Morgan fingerprint density at radius 2 is 1.00 bits per heavy atom. The fourth-order valence-corrected chi connectivity index (χ4v) is 4.35. The van der Waals surface area contributed by atoms with E-state index in [1.807, 2.05) is 41.5 Å². The van der Waals surface area contributed by atoms with Crippen molar-refractivity contribution in [3.63, 3.8) is 0 Å². The summed E-state index contributed by atoms with van der Waals surface area (Å²) in [5, 5.41) is 0. The lowest BCUT2D eigenvalue weighted by Crippen LogP contribution is -2.24. The largest absolute Gasteiger partial charge is 0.475 e. The third-order valence-electron chi connectivity index (χ3n) is 3.52. The summed E-state index contributed by atoms with van der Waals surface area (Å²) in [4.78, 5) is 0. The van der Waals surface area contributed by atoms with Crippen LogP contribution in [0.3, 0.4) is 0 Å². The molecule has 0 unspecified atom stereocenters. The van der Waals surface area contributed by atoms with Crippen LogP contribution >= 0.6 is 7.82 Å². The number of unbranched alkanes of at least 4 members (excludes halogenated alkanes) is 9. The molecule has 0 saturated carbocycles. The summed E-state index contributed by atoms with van der Waals surface area (Å²) in [6, 6.07) is 0. The molecule has 0 amide bonds. The third-order valence-corrected chi connectivity index (χ3v) is 5.56. The van der Waals surface area contributed by atoms with E-state index in [1.54, 1.807) is 0 Å². The van der Waals surface area contributed by atoms with Crippen molar-refractivity contribution >= 4 is 7.82 Å². The van der Waals surface area contributed by atoms with Gasteiger partial charge in [0.25, 0.3) is 0 Å². The third kappa shape index (κ3) is 17.3. The van der Waals surface area contributed by atoms with Crippen molar-refractivity contribution < 1.29 is 18.1 Å². The standard InChI is InChI=1S/C20H43O4P/c1-8-9-10-11-12-13-14-15-16-17-18-22-25(21,23-19(2,3)4)24-20(5,6)7/h8-18H2,1-7H3. The topological polar surface area (TPSA) is 44.8 Å². The normalized spacial score (nSPS) is 13.4. The first-order valence-corrected chi connectivity index (χ1v) is 11.6. The van der Waals surface area contributed by atoms with Crippen molar-refractivity contribution in [2.45, 2.75) is 124 Å². The van der Waals surface area contributed by atoms with Gasteiger partial charge in [-0.3, -0.25) is 13.6 Å². The first-order valence-electron chi connectivity index (χ1n) is 10.1. The Bertz CT molecular complexity index is 349. The van der Waals surface area contributed by atoms with E-state index in [4.69, 9.17) is 13.6 Å². The van der Waals surface area contributed by atoms with Gasteiger partial charge in [0.15, 0.2) is 0 Å². The van der Waals surface area contributed by atoms with E-state index in [0.29, 0.717) is 6.61 Å². The number of hydrogen-bond acceptors (Lipinski definition) is 4. The lowest BCUT2D eigenvalue weighted by atomic mass is 10.1. The van der Waals surface area contributed by atoms with Gasteiger partial charge < -0.3 is 0 Å². The second-order valence-electron chi connectivity index (χ2n) is 8.87. The van der Waals surface area contributed by atoms with E-state index >= 15 is 0 Å². The zero-order valence-corrected chi connectivity index (χ0v) is 18.8. The Kier molecular flexibility index (Phi) is 12.5. The first-order chi connectivity index (χ1) is 11.5. The second-order valence-corrected chi connectivity index (χ2v) is 10.4. The van der Waals surface area contributed by atoms with Gasteiger partial charge in [-0.25, -0.2) is 4.57 Å². The Morgan fingerprint density at radius 1 is 0.640 bits per heavy atom. The zero-order valence-electron chi connectivity index (χ0n) is 17.9. The zero-order chi connectivity index (χ0) is 19.4. The van der Waals surface area contributed by atoms with E-state index < -0.39 is 19.0 Å². The van der Waals surface area contributed by atoms with Gasteiger partial charge in [-0.15, -0.1) is 0 Å². The maximum atomic E-state index is 12.8. The van der Waals surface area contributed by atoms with Crippen molar-refractivity contribution in [2.75, 3.05) is 6.61 Å². The first kappa shape index (κ1) is 25.1. The maximum absolute atomic E-state index is 12.8. The average Bonchev–Trinajstić information content (AvgIpc) is 2.40. The lowest BCUT2D eigenvalue weighted by molar-refractivity contribution is 0.00298. The van der Waals surface area contributed by atoms with Gasteiger partial charge in [0.1, 0.15) is 0 Å². The Morgan fingerprint density at radius 3 is 1.36 bits per heavy atom. The predicted octanol–water partition coefficient (Wildman–Crippen LogP) is 7.66.